The van der Waals surface area contributed by atoms with E-state index in [-0.39, 0.29) is 30.1 Å². The fourth-order valence-corrected chi connectivity index (χ4v) is 7.21. The summed E-state index contributed by atoms with van der Waals surface area (Å²) in [5.41, 5.74) is 3.37. The fourth-order valence-electron chi connectivity index (χ4n) is 7.21. The van der Waals surface area contributed by atoms with Gasteiger partial charge in [0.1, 0.15) is 0 Å². The summed E-state index contributed by atoms with van der Waals surface area (Å²) in [5.74, 6) is 1.13. The summed E-state index contributed by atoms with van der Waals surface area (Å²) in [6, 6.07) is 0. The summed E-state index contributed by atoms with van der Waals surface area (Å²) in [5, 5.41) is 30.4. The van der Waals surface area contributed by atoms with Crippen molar-refractivity contribution in [3.05, 3.63) is 35.5 Å². The van der Waals surface area contributed by atoms with E-state index in [0.29, 0.717) is 24.7 Å². The predicted octanol–water partition coefficient (Wildman–Crippen LogP) is 6.11. The number of rotatable bonds is 10. The molecule has 3 N–H and O–H groups in total. The summed E-state index contributed by atoms with van der Waals surface area (Å²) in [7, 11) is 0. The van der Waals surface area contributed by atoms with Crippen LogP contribution in [0.3, 0.4) is 0 Å². The molecule has 3 rings (SSSR count). The van der Waals surface area contributed by atoms with Crippen molar-refractivity contribution in [3.63, 3.8) is 0 Å². The summed E-state index contributed by atoms with van der Waals surface area (Å²) >= 11 is 0. The van der Waals surface area contributed by atoms with Gasteiger partial charge in [0.15, 0.2) is 0 Å². The number of allylic oxidation sites excluding steroid dienone is 3. The van der Waals surface area contributed by atoms with Crippen LogP contribution in [0.1, 0.15) is 98.3 Å². The lowest BCUT2D eigenvalue weighted by molar-refractivity contribution is -0.0365. The minimum atomic E-state index is -0.536. The molecule has 0 aromatic rings. The number of aliphatic hydroxyl groups excluding tert-OH is 2. The minimum absolute atomic E-state index is 0.0236. The highest BCUT2D eigenvalue weighted by Crippen LogP contribution is 2.58. The maximum Gasteiger partial charge on any atom is 0.0643 e. The van der Waals surface area contributed by atoms with E-state index < -0.39 is 5.60 Å². The van der Waals surface area contributed by atoms with Crippen LogP contribution in [-0.2, 0) is 4.74 Å². The third kappa shape index (κ3) is 6.06. The van der Waals surface area contributed by atoms with E-state index in [4.69, 9.17) is 4.74 Å². The lowest BCUT2D eigenvalue weighted by atomic mass is 9.62. The molecule has 4 heteroatoms. The van der Waals surface area contributed by atoms with E-state index in [9.17, 15) is 15.3 Å². The lowest BCUT2D eigenvalue weighted by Gasteiger charge is -2.44. The van der Waals surface area contributed by atoms with Crippen molar-refractivity contribution in [2.75, 3.05) is 13.2 Å². The van der Waals surface area contributed by atoms with E-state index in [1.165, 1.54) is 25.7 Å². The average molecular weight is 475 g/mol. The van der Waals surface area contributed by atoms with Gasteiger partial charge in [0.05, 0.1) is 24.4 Å². The van der Waals surface area contributed by atoms with Crippen molar-refractivity contribution < 1.29 is 20.1 Å². The Hall–Kier alpha value is -0.940. The Morgan fingerprint density at radius 2 is 1.97 bits per heavy atom. The molecule has 3 fully saturated rings. The van der Waals surface area contributed by atoms with Gasteiger partial charge in [-0.3, -0.25) is 0 Å². The predicted molar refractivity (Wildman–Crippen MR) is 139 cm³/mol. The van der Waals surface area contributed by atoms with Gasteiger partial charge in [0.2, 0.25) is 0 Å². The molecule has 4 nitrogen and oxygen atoms in total. The standard InChI is InChI=1S/C30H50O4/c1-6-30(33,7-2)16-9-17-34-22(4)27-13-14-28-23(10-8-15-29(27,28)5)11-12-24-18-26(32)19-25(20-31)21(24)3/h11-12,22,25-28,31-33H,3,6-10,13-20H2,1-2,4-5H3/t22-,25+,26?,27-,28+,29-/m1/s1. The molecule has 0 saturated heterocycles. The van der Waals surface area contributed by atoms with Crippen LogP contribution in [0, 0.1) is 23.2 Å². The van der Waals surface area contributed by atoms with Gasteiger partial charge in [-0.2, -0.15) is 0 Å². The second kappa shape index (κ2) is 11.9. The van der Waals surface area contributed by atoms with Crippen LogP contribution in [0.4, 0.5) is 0 Å². The first kappa shape index (κ1) is 27.6. The Morgan fingerprint density at radius 3 is 2.65 bits per heavy atom. The number of aliphatic hydroxyl groups is 3. The van der Waals surface area contributed by atoms with Gasteiger partial charge < -0.3 is 20.1 Å². The number of hydrogen-bond acceptors (Lipinski definition) is 4. The largest absolute Gasteiger partial charge is 0.396 e. The zero-order chi connectivity index (χ0) is 24.9. The fraction of sp³-hybridized carbons (Fsp3) is 0.800. The molecule has 0 radical (unpaired) electrons. The van der Waals surface area contributed by atoms with Crippen molar-refractivity contribution in [1.82, 2.24) is 0 Å². The minimum Gasteiger partial charge on any atom is -0.396 e. The topological polar surface area (TPSA) is 69.9 Å². The zero-order valence-electron chi connectivity index (χ0n) is 22.2. The molecule has 0 aromatic heterocycles. The van der Waals surface area contributed by atoms with E-state index >= 15 is 0 Å². The lowest BCUT2D eigenvalue weighted by Crippen LogP contribution is -2.39. The molecule has 34 heavy (non-hydrogen) atoms. The first-order valence-corrected chi connectivity index (χ1v) is 13.9. The van der Waals surface area contributed by atoms with Crippen LogP contribution in [0.15, 0.2) is 35.5 Å². The van der Waals surface area contributed by atoms with Crippen LogP contribution >= 0.6 is 0 Å². The molecule has 0 heterocycles. The zero-order valence-corrected chi connectivity index (χ0v) is 22.2. The normalized spacial score (nSPS) is 35.7. The third-order valence-electron chi connectivity index (χ3n) is 9.72. The molecule has 3 saturated carbocycles. The molecule has 194 valence electrons. The third-order valence-corrected chi connectivity index (χ3v) is 9.72. The van der Waals surface area contributed by atoms with E-state index in [1.54, 1.807) is 5.57 Å². The highest BCUT2D eigenvalue weighted by Gasteiger charge is 2.51. The van der Waals surface area contributed by atoms with Crippen molar-refractivity contribution in [1.29, 1.82) is 0 Å². The summed E-state index contributed by atoms with van der Waals surface area (Å²) in [4.78, 5) is 0. The van der Waals surface area contributed by atoms with Crippen molar-refractivity contribution >= 4 is 0 Å². The maximum absolute atomic E-state index is 10.5. The Balaban J connectivity index is 1.63. The van der Waals surface area contributed by atoms with Crippen LogP contribution in [0.5, 0.6) is 0 Å². The van der Waals surface area contributed by atoms with Crippen LogP contribution in [-0.4, -0.2) is 46.3 Å². The SMILES string of the molecule is C=C1C(=CC=C2CCC[C@]3(C)[C@@H]([C@@H](C)OCCCC(O)(CC)CC)CC[C@@H]23)CC(O)C[C@H]1CO. The molecule has 0 aromatic carbocycles. The van der Waals surface area contributed by atoms with Crippen molar-refractivity contribution in [3.8, 4) is 0 Å². The number of ether oxygens (including phenoxy) is 1. The molecular formula is C30H50O4. The molecule has 0 bridgehead atoms. The van der Waals surface area contributed by atoms with Crippen LogP contribution in [0.2, 0.25) is 0 Å². The van der Waals surface area contributed by atoms with Gasteiger partial charge >= 0.3 is 0 Å². The average Bonchev–Trinajstić information content (AvgIpc) is 3.19. The van der Waals surface area contributed by atoms with E-state index in [0.717, 1.165) is 49.9 Å². The van der Waals surface area contributed by atoms with Gasteiger partial charge in [-0.05, 0) is 106 Å². The molecule has 0 aliphatic heterocycles. The second-order valence-electron chi connectivity index (χ2n) is 11.6. The number of hydrogen-bond donors (Lipinski definition) is 3. The molecule has 0 amide bonds. The van der Waals surface area contributed by atoms with Crippen LogP contribution in [0.25, 0.3) is 0 Å². The molecule has 6 atom stereocenters. The Morgan fingerprint density at radius 1 is 1.24 bits per heavy atom. The summed E-state index contributed by atoms with van der Waals surface area (Å²) in [6.07, 6.45) is 15.0. The second-order valence-corrected chi connectivity index (χ2v) is 11.6. The van der Waals surface area contributed by atoms with Gasteiger partial charge in [-0.25, -0.2) is 0 Å². The highest BCUT2D eigenvalue weighted by molar-refractivity contribution is 5.38. The highest BCUT2D eigenvalue weighted by atomic mass is 16.5. The van der Waals surface area contributed by atoms with Gasteiger partial charge in [-0.15, -0.1) is 0 Å². The monoisotopic (exact) mass is 474 g/mol. The molecule has 3 aliphatic carbocycles. The molecular weight excluding hydrogens is 424 g/mol. The summed E-state index contributed by atoms with van der Waals surface area (Å²) < 4.78 is 6.36. The Labute approximate surface area is 208 Å². The number of fused-ring (bicyclic) bond motifs is 1. The smallest absolute Gasteiger partial charge is 0.0643 e. The Bertz CT molecular complexity index is 749. The maximum atomic E-state index is 10.5. The van der Waals surface area contributed by atoms with E-state index in [2.05, 4.69) is 46.4 Å². The first-order chi connectivity index (χ1) is 16.2. The van der Waals surface area contributed by atoms with Gasteiger partial charge in [0, 0.05) is 12.5 Å². The van der Waals surface area contributed by atoms with Crippen molar-refractivity contribution in [2.45, 2.75) is 116 Å². The van der Waals surface area contributed by atoms with E-state index in [1.807, 2.05) is 0 Å². The molecule has 0 spiro atoms. The molecule has 3 aliphatic rings. The van der Waals surface area contributed by atoms with Crippen LogP contribution < -0.4 is 0 Å². The molecule has 1 unspecified atom stereocenters. The van der Waals surface area contributed by atoms with Crippen molar-refractivity contribution in [2.24, 2.45) is 23.2 Å². The summed E-state index contributed by atoms with van der Waals surface area (Å²) in [6.45, 7) is 13.9. The van der Waals surface area contributed by atoms with Gasteiger partial charge in [-0.1, -0.05) is 45.1 Å². The Kier molecular flexibility index (Phi) is 9.65. The quantitative estimate of drug-likeness (QED) is 0.334. The first-order valence-electron chi connectivity index (χ1n) is 13.9. The van der Waals surface area contributed by atoms with Gasteiger partial charge in [0.25, 0.3) is 0 Å².